The first-order chi connectivity index (χ1) is 24.6. The van der Waals surface area contributed by atoms with Crippen LogP contribution in [0.15, 0.2) is 0 Å². The molecule has 2 saturated heterocycles. The van der Waals surface area contributed by atoms with Crippen LogP contribution in [0, 0.1) is 0 Å². The van der Waals surface area contributed by atoms with E-state index in [1.165, 1.54) is 64.2 Å². The summed E-state index contributed by atoms with van der Waals surface area (Å²) in [5.41, 5.74) is 0. The minimum atomic E-state index is -1.70. The number of aliphatic hydroxyl groups excluding tert-OH is 7. The summed E-state index contributed by atoms with van der Waals surface area (Å²) in [5, 5.41) is 71.4. The van der Waals surface area contributed by atoms with Crippen molar-refractivity contribution in [1.82, 2.24) is 0 Å². The maximum absolute atomic E-state index is 12.8. The Balaban J connectivity index is 1.85. The number of carbonyl (C=O) groups is 1. The predicted octanol–water partition coefficient (Wildman–Crippen LogP) is 2.62. The smallest absolute Gasteiger partial charge is 0.306 e. The second kappa shape index (κ2) is 27.6. The van der Waals surface area contributed by atoms with E-state index in [0.29, 0.717) is 13.0 Å². The second-order valence-electron chi connectivity index (χ2n) is 14.1. The van der Waals surface area contributed by atoms with Crippen molar-refractivity contribution >= 4 is 5.97 Å². The van der Waals surface area contributed by atoms with Crippen LogP contribution in [0.4, 0.5) is 0 Å². The highest BCUT2D eigenvalue weighted by molar-refractivity contribution is 5.69. The number of rotatable bonds is 29. The zero-order valence-electron chi connectivity index (χ0n) is 31.1. The van der Waals surface area contributed by atoms with Crippen molar-refractivity contribution in [3.8, 4) is 0 Å². The van der Waals surface area contributed by atoms with E-state index in [-0.39, 0.29) is 25.6 Å². The second-order valence-corrected chi connectivity index (χ2v) is 14.1. The van der Waals surface area contributed by atoms with Gasteiger partial charge in [-0.25, -0.2) is 0 Å². The lowest BCUT2D eigenvalue weighted by Gasteiger charge is -2.42. The third-order valence-corrected chi connectivity index (χ3v) is 9.62. The lowest BCUT2D eigenvalue weighted by Crippen LogP contribution is -2.61. The van der Waals surface area contributed by atoms with Gasteiger partial charge in [0.2, 0.25) is 0 Å². The molecule has 0 radical (unpaired) electrons. The maximum atomic E-state index is 12.8. The summed E-state index contributed by atoms with van der Waals surface area (Å²) in [6, 6.07) is 0. The van der Waals surface area contributed by atoms with Gasteiger partial charge in [-0.15, -0.1) is 0 Å². The molecule has 0 spiro atoms. The van der Waals surface area contributed by atoms with Gasteiger partial charge in [0.1, 0.15) is 54.9 Å². The Labute approximate surface area is 304 Å². The summed E-state index contributed by atoms with van der Waals surface area (Å²) in [6.07, 6.45) is 3.57. The lowest BCUT2D eigenvalue weighted by atomic mass is 9.98. The molecule has 11 atom stereocenters. The number of ether oxygens (including phenoxy) is 6. The van der Waals surface area contributed by atoms with Gasteiger partial charge in [-0.2, -0.15) is 0 Å². The molecule has 11 unspecified atom stereocenters. The molecule has 7 N–H and O–H groups in total. The quantitative estimate of drug-likeness (QED) is 0.0434. The number of hydrogen-bond donors (Lipinski definition) is 7. The molecule has 2 heterocycles. The van der Waals surface area contributed by atoms with Crippen LogP contribution in [0.1, 0.15) is 129 Å². The normalized spacial score (nSPS) is 30.4. The fourth-order valence-electron chi connectivity index (χ4n) is 6.28. The van der Waals surface area contributed by atoms with E-state index < -0.39 is 80.7 Å². The monoisotopic (exact) mass is 738 g/mol. The van der Waals surface area contributed by atoms with Crippen LogP contribution in [0.25, 0.3) is 0 Å². The summed E-state index contributed by atoms with van der Waals surface area (Å²) in [4.78, 5) is 12.8. The van der Waals surface area contributed by atoms with E-state index in [0.717, 1.165) is 38.5 Å². The summed E-state index contributed by atoms with van der Waals surface area (Å²) < 4.78 is 33.8. The molecule has 2 rings (SSSR count). The maximum Gasteiger partial charge on any atom is 0.306 e. The van der Waals surface area contributed by atoms with Crippen LogP contribution in [-0.2, 0) is 33.2 Å². The van der Waals surface area contributed by atoms with Gasteiger partial charge in [-0.1, -0.05) is 110 Å². The zero-order valence-corrected chi connectivity index (χ0v) is 31.1. The van der Waals surface area contributed by atoms with Crippen molar-refractivity contribution in [3.63, 3.8) is 0 Å². The molecule has 0 amide bonds. The highest BCUT2D eigenvalue weighted by atomic mass is 16.7. The van der Waals surface area contributed by atoms with Gasteiger partial charge in [-0.05, 0) is 12.8 Å². The Kier molecular flexibility index (Phi) is 24.9. The Morgan fingerprint density at radius 2 is 1.04 bits per heavy atom. The Morgan fingerprint density at radius 1 is 0.569 bits per heavy atom. The molecule has 0 bridgehead atoms. The Morgan fingerprint density at radius 3 is 1.59 bits per heavy atom. The summed E-state index contributed by atoms with van der Waals surface area (Å²) in [6.45, 7) is 3.60. The van der Waals surface area contributed by atoms with Crippen LogP contribution in [-0.4, -0.2) is 142 Å². The van der Waals surface area contributed by atoms with Crippen molar-refractivity contribution in [3.05, 3.63) is 0 Å². The average Bonchev–Trinajstić information content (AvgIpc) is 3.12. The number of esters is 1. The number of unbranched alkanes of at least 4 members (excludes halogenated alkanes) is 15. The summed E-state index contributed by atoms with van der Waals surface area (Å²) >= 11 is 0. The first kappa shape index (κ1) is 46.1. The van der Waals surface area contributed by atoms with Crippen molar-refractivity contribution in [2.75, 3.05) is 33.0 Å². The topological polar surface area (TPSA) is 214 Å². The van der Waals surface area contributed by atoms with Gasteiger partial charge in [0, 0.05) is 13.0 Å². The van der Waals surface area contributed by atoms with E-state index in [9.17, 15) is 40.5 Å². The van der Waals surface area contributed by atoms with Crippen LogP contribution in [0.5, 0.6) is 0 Å². The fourth-order valence-corrected chi connectivity index (χ4v) is 6.28. The van der Waals surface area contributed by atoms with Gasteiger partial charge < -0.3 is 64.2 Å². The zero-order chi connectivity index (χ0) is 37.4. The van der Waals surface area contributed by atoms with Crippen LogP contribution in [0.3, 0.4) is 0 Å². The van der Waals surface area contributed by atoms with E-state index in [4.69, 9.17) is 28.4 Å². The third kappa shape index (κ3) is 17.8. The van der Waals surface area contributed by atoms with Gasteiger partial charge in [0.25, 0.3) is 0 Å². The van der Waals surface area contributed by atoms with Gasteiger partial charge in [-0.3, -0.25) is 4.79 Å². The van der Waals surface area contributed by atoms with Crippen molar-refractivity contribution in [1.29, 1.82) is 0 Å². The summed E-state index contributed by atoms with van der Waals surface area (Å²) in [5.74, 6) is -0.380. The first-order valence-electron chi connectivity index (χ1n) is 19.6. The van der Waals surface area contributed by atoms with E-state index in [1.54, 1.807) is 0 Å². The van der Waals surface area contributed by atoms with E-state index in [1.807, 2.05) is 0 Å². The molecular formula is C37H70O14. The largest absolute Gasteiger partial charge is 0.457 e. The Bertz CT molecular complexity index is 865. The van der Waals surface area contributed by atoms with Gasteiger partial charge in [0.15, 0.2) is 12.6 Å². The first-order valence-corrected chi connectivity index (χ1v) is 19.6. The third-order valence-electron chi connectivity index (χ3n) is 9.62. The van der Waals surface area contributed by atoms with Crippen LogP contribution >= 0.6 is 0 Å². The van der Waals surface area contributed by atoms with Crippen molar-refractivity contribution < 1.29 is 69.0 Å². The molecule has 0 aromatic heterocycles. The molecule has 2 fully saturated rings. The van der Waals surface area contributed by atoms with Crippen LogP contribution in [0.2, 0.25) is 0 Å². The molecule has 2 aliphatic rings. The molecule has 51 heavy (non-hydrogen) atoms. The number of aliphatic hydroxyl groups is 7. The average molecular weight is 739 g/mol. The molecule has 302 valence electrons. The predicted molar refractivity (Wildman–Crippen MR) is 188 cm³/mol. The number of carbonyl (C=O) groups excluding carboxylic acids is 1. The van der Waals surface area contributed by atoms with Crippen molar-refractivity contribution in [2.24, 2.45) is 0 Å². The number of hydrogen-bond acceptors (Lipinski definition) is 14. The molecule has 0 aromatic carbocycles. The molecule has 0 saturated carbocycles. The minimum Gasteiger partial charge on any atom is -0.457 e. The van der Waals surface area contributed by atoms with Crippen molar-refractivity contribution in [2.45, 2.75) is 197 Å². The molecule has 14 nitrogen and oxygen atoms in total. The SMILES string of the molecule is CCCCCCCCCCCCCC(=O)OC(COCCCCCCCC)COC1OC(COC2OC(CO)C(O)C(O)C2O)C(O)C(O)C1O. The van der Waals surface area contributed by atoms with Gasteiger partial charge >= 0.3 is 5.97 Å². The molecule has 2 aliphatic heterocycles. The van der Waals surface area contributed by atoms with E-state index >= 15 is 0 Å². The highest BCUT2D eigenvalue weighted by Gasteiger charge is 2.47. The molecule has 0 aliphatic carbocycles. The van der Waals surface area contributed by atoms with E-state index in [2.05, 4.69) is 13.8 Å². The highest BCUT2D eigenvalue weighted by Crippen LogP contribution is 2.26. The summed E-state index contributed by atoms with van der Waals surface area (Å²) in [7, 11) is 0. The molecule has 0 aromatic rings. The van der Waals surface area contributed by atoms with Gasteiger partial charge in [0.05, 0.1) is 26.4 Å². The Hall–Kier alpha value is -1.01. The molecular weight excluding hydrogens is 668 g/mol. The lowest BCUT2D eigenvalue weighted by molar-refractivity contribution is -0.332. The standard InChI is InChI=1S/C37H70O14/c1-3-5-7-9-11-12-13-14-15-16-18-20-29(39)49-26(23-46-21-19-17-10-8-6-4-2)24-47-36-35(45)33(43)31(41)28(51-36)25-48-37-34(44)32(42)30(40)27(22-38)50-37/h26-28,30-38,40-45H,3-25H2,1-2H3. The minimum absolute atomic E-state index is 0.0661. The fraction of sp³-hybridized carbons (Fsp3) is 0.973. The van der Waals surface area contributed by atoms with Crippen LogP contribution < -0.4 is 0 Å². The molecule has 14 heteroatoms.